The van der Waals surface area contributed by atoms with Crippen LogP contribution in [0.5, 0.6) is 5.75 Å². The van der Waals surface area contributed by atoms with Gasteiger partial charge in [-0.3, -0.25) is 9.59 Å². The van der Waals surface area contributed by atoms with Gasteiger partial charge in [0.05, 0.1) is 13.7 Å². The molecular weight excluding hydrogens is 360 g/mol. The van der Waals surface area contributed by atoms with E-state index in [1.807, 2.05) is 18.2 Å². The van der Waals surface area contributed by atoms with E-state index in [-0.39, 0.29) is 18.4 Å². The van der Waals surface area contributed by atoms with Crippen LogP contribution in [-0.4, -0.2) is 74.4 Å². The molecule has 3 amide bonds. The number of ketones is 1. The standard InChI is InChI=1S/C20H30N4O4/c1-15(26)13-21-20(27)24-10-7-17(8-11-24)23(2)9-6-16-12-18(28-3)4-5-19(16)22-14-25/h4-5,12,14,17H,6-11,13H2,1-3H3,(H,21,27)(H,22,25). The van der Waals surface area contributed by atoms with Gasteiger partial charge in [-0.1, -0.05) is 0 Å². The highest BCUT2D eigenvalue weighted by Crippen LogP contribution is 2.23. The lowest BCUT2D eigenvalue weighted by molar-refractivity contribution is -0.116. The largest absolute Gasteiger partial charge is 0.497 e. The molecule has 1 heterocycles. The van der Waals surface area contributed by atoms with E-state index in [2.05, 4.69) is 22.6 Å². The lowest BCUT2D eigenvalue weighted by atomic mass is 10.0. The molecule has 0 aliphatic carbocycles. The molecule has 1 aliphatic heterocycles. The number of anilines is 1. The fraction of sp³-hybridized carbons (Fsp3) is 0.550. The molecule has 0 aromatic heterocycles. The van der Waals surface area contributed by atoms with Gasteiger partial charge in [0.2, 0.25) is 6.41 Å². The van der Waals surface area contributed by atoms with Gasteiger partial charge in [0.15, 0.2) is 0 Å². The van der Waals surface area contributed by atoms with Gasteiger partial charge in [-0.25, -0.2) is 4.79 Å². The first kappa shape index (κ1) is 21.7. The lowest BCUT2D eigenvalue weighted by Crippen LogP contribution is -2.49. The van der Waals surface area contributed by atoms with Crippen molar-refractivity contribution in [1.82, 2.24) is 15.1 Å². The number of nitrogens with one attached hydrogen (secondary N) is 2. The van der Waals surface area contributed by atoms with Gasteiger partial charge in [-0.15, -0.1) is 0 Å². The Hall–Kier alpha value is -2.61. The molecule has 8 heteroatoms. The van der Waals surface area contributed by atoms with Crippen molar-refractivity contribution in [3.8, 4) is 5.75 Å². The summed E-state index contributed by atoms with van der Waals surface area (Å²) in [6.07, 6.45) is 3.24. The summed E-state index contributed by atoms with van der Waals surface area (Å²) in [4.78, 5) is 37.9. The van der Waals surface area contributed by atoms with Crippen molar-refractivity contribution >= 4 is 23.9 Å². The lowest BCUT2D eigenvalue weighted by Gasteiger charge is -2.36. The summed E-state index contributed by atoms with van der Waals surface area (Å²) in [6, 6.07) is 5.84. The third-order valence-electron chi connectivity index (χ3n) is 5.12. The first-order chi connectivity index (χ1) is 13.4. The molecule has 0 atom stereocenters. The Labute approximate surface area is 166 Å². The van der Waals surface area contributed by atoms with Crippen molar-refractivity contribution in [2.75, 3.05) is 45.7 Å². The van der Waals surface area contributed by atoms with E-state index in [4.69, 9.17) is 4.74 Å². The van der Waals surface area contributed by atoms with Gasteiger partial charge in [0, 0.05) is 31.4 Å². The third-order valence-corrected chi connectivity index (χ3v) is 5.12. The molecule has 2 N–H and O–H groups in total. The molecule has 28 heavy (non-hydrogen) atoms. The number of nitrogens with zero attached hydrogens (tertiary/aromatic N) is 2. The van der Waals surface area contributed by atoms with Gasteiger partial charge in [-0.05, 0) is 57.0 Å². The summed E-state index contributed by atoms with van der Waals surface area (Å²) < 4.78 is 5.29. The molecule has 1 aromatic rings. The van der Waals surface area contributed by atoms with E-state index in [9.17, 15) is 14.4 Å². The summed E-state index contributed by atoms with van der Waals surface area (Å²) in [6.45, 7) is 3.73. The van der Waals surface area contributed by atoms with E-state index in [1.54, 1.807) is 12.0 Å². The number of hydrogen-bond acceptors (Lipinski definition) is 5. The zero-order chi connectivity index (χ0) is 20.5. The topological polar surface area (TPSA) is 91.0 Å². The van der Waals surface area contributed by atoms with E-state index in [0.717, 1.165) is 42.8 Å². The molecule has 154 valence electrons. The van der Waals surface area contributed by atoms with Crippen molar-refractivity contribution < 1.29 is 19.1 Å². The second-order valence-electron chi connectivity index (χ2n) is 7.09. The highest BCUT2D eigenvalue weighted by atomic mass is 16.5. The van der Waals surface area contributed by atoms with Crippen LogP contribution in [0.3, 0.4) is 0 Å². The summed E-state index contributed by atoms with van der Waals surface area (Å²) >= 11 is 0. The number of likely N-dealkylation sites (tertiary alicyclic amines) is 1. The quantitative estimate of drug-likeness (QED) is 0.624. The minimum Gasteiger partial charge on any atom is -0.497 e. The van der Waals surface area contributed by atoms with Crippen molar-refractivity contribution in [3.05, 3.63) is 23.8 Å². The Bertz CT molecular complexity index is 687. The average Bonchev–Trinajstić information content (AvgIpc) is 2.71. The zero-order valence-corrected chi connectivity index (χ0v) is 16.9. The second kappa shape index (κ2) is 10.7. The molecule has 1 aromatic carbocycles. The monoisotopic (exact) mass is 390 g/mol. The maximum Gasteiger partial charge on any atom is 0.317 e. The van der Waals surface area contributed by atoms with Crippen LogP contribution >= 0.6 is 0 Å². The third kappa shape index (κ3) is 6.23. The van der Waals surface area contributed by atoms with Crippen LogP contribution in [-0.2, 0) is 16.0 Å². The SMILES string of the molecule is COc1ccc(NC=O)c(CCN(C)C2CCN(C(=O)NCC(C)=O)CC2)c1. The molecule has 0 unspecified atom stereocenters. The number of urea groups is 1. The molecular formula is C20H30N4O4. The number of carbonyl (C=O) groups is 3. The summed E-state index contributed by atoms with van der Waals surface area (Å²) in [7, 11) is 3.71. The number of piperidine rings is 1. The van der Waals surface area contributed by atoms with E-state index >= 15 is 0 Å². The fourth-order valence-electron chi connectivity index (χ4n) is 3.41. The molecule has 0 spiro atoms. The second-order valence-corrected chi connectivity index (χ2v) is 7.09. The molecule has 0 radical (unpaired) electrons. The zero-order valence-electron chi connectivity index (χ0n) is 16.9. The van der Waals surface area contributed by atoms with Gasteiger partial charge in [0.25, 0.3) is 0 Å². The molecule has 0 bridgehead atoms. The number of hydrogen-bond donors (Lipinski definition) is 2. The van der Waals surface area contributed by atoms with Gasteiger partial charge in [0.1, 0.15) is 11.5 Å². The van der Waals surface area contributed by atoms with E-state index in [1.165, 1.54) is 6.92 Å². The number of likely N-dealkylation sites (N-methyl/N-ethyl adjacent to an activating group) is 1. The Balaban J connectivity index is 1.84. The maximum absolute atomic E-state index is 12.1. The van der Waals surface area contributed by atoms with Crippen molar-refractivity contribution in [2.24, 2.45) is 0 Å². The van der Waals surface area contributed by atoms with Gasteiger partial charge < -0.3 is 25.2 Å². The Kier molecular flexibility index (Phi) is 8.25. The first-order valence-corrected chi connectivity index (χ1v) is 9.54. The molecule has 1 fully saturated rings. The summed E-state index contributed by atoms with van der Waals surface area (Å²) in [5, 5.41) is 5.39. The van der Waals surface area contributed by atoms with Gasteiger partial charge >= 0.3 is 6.03 Å². The Morgan fingerprint density at radius 1 is 1.32 bits per heavy atom. The number of carbonyl (C=O) groups excluding carboxylic acids is 3. The number of benzene rings is 1. The minimum absolute atomic E-state index is 0.0519. The van der Waals surface area contributed by atoms with Crippen LogP contribution in [0.15, 0.2) is 18.2 Å². The van der Waals surface area contributed by atoms with Crippen LogP contribution < -0.4 is 15.4 Å². The predicted molar refractivity (Wildman–Crippen MR) is 108 cm³/mol. The number of ether oxygens (including phenoxy) is 1. The van der Waals surface area contributed by atoms with Crippen LogP contribution in [0.1, 0.15) is 25.3 Å². The molecule has 2 rings (SSSR count). The minimum atomic E-state index is -0.169. The maximum atomic E-state index is 12.1. The summed E-state index contributed by atoms with van der Waals surface area (Å²) in [5.74, 6) is 0.711. The average molecular weight is 390 g/mol. The molecule has 1 saturated heterocycles. The fourth-order valence-corrected chi connectivity index (χ4v) is 3.41. The van der Waals surface area contributed by atoms with Crippen LogP contribution in [0.2, 0.25) is 0 Å². The number of Topliss-reactive ketones (excluding diaryl/α,β-unsaturated/α-hetero) is 1. The Morgan fingerprint density at radius 3 is 2.64 bits per heavy atom. The number of rotatable bonds is 9. The normalized spacial score (nSPS) is 14.6. The highest BCUT2D eigenvalue weighted by Gasteiger charge is 2.25. The highest BCUT2D eigenvalue weighted by molar-refractivity contribution is 5.83. The van der Waals surface area contributed by atoms with Crippen LogP contribution in [0.4, 0.5) is 10.5 Å². The Morgan fingerprint density at radius 2 is 2.04 bits per heavy atom. The first-order valence-electron chi connectivity index (χ1n) is 9.54. The van der Waals surface area contributed by atoms with Crippen LogP contribution in [0, 0.1) is 0 Å². The molecule has 0 saturated carbocycles. The van der Waals surface area contributed by atoms with Crippen LogP contribution in [0.25, 0.3) is 0 Å². The van der Waals surface area contributed by atoms with Crippen molar-refractivity contribution in [3.63, 3.8) is 0 Å². The van der Waals surface area contributed by atoms with Crippen molar-refractivity contribution in [2.45, 2.75) is 32.2 Å². The number of amides is 3. The summed E-state index contributed by atoms with van der Waals surface area (Å²) in [5.41, 5.74) is 1.82. The van der Waals surface area contributed by atoms with E-state index < -0.39 is 0 Å². The molecule has 8 nitrogen and oxygen atoms in total. The number of methoxy groups -OCH3 is 1. The molecule has 1 aliphatic rings. The van der Waals surface area contributed by atoms with Crippen molar-refractivity contribution in [1.29, 1.82) is 0 Å². The van der Waals surface area contributed by atoms with E-state index in [0.29, 0.717) is 25.5 Å². The van der Waals surface area contributed by atoms with Gasteiger partial charge in [-0.2, -0.15) is 0 Å². The smallest absolute Gasteiger partial charge is 0.317 e. The predicted octanol–water partition coefficient (Wildman–Crippen LogP) is 1.50.